The van der Waals surface area contributed by atoms with Gasteiger partial charge in [0, 0.05) is 31.6 Å². The van der Waals surface area contributed by atoms with Gasteiger partial charge in [-0.05, 0) is 18.4 Å². The molecule has 0 unspecified atom stereocenters. The summed E-state index contributed by atoms with van der Waals surface area (Å²) in [7, 11) is 0. The zero-order valence-corrected chi connectivity index (χ0v) is 11.1. The maximum Gasteiger partial charge on any atom is 0.334 e. The molecule has 2 fully saturated rings. The molecule has 1 aromatic rings. The lowest BCUT2D eigenvalue weighted by Crippen LogP contribution is -2.30. The summed E-state index contributed by atoms with van der Waals surface area (Å²) >= 11 is 0. The van der Waals surface area contributed by atoms with Crippen LogP contribution in [0, 0.1) is 0 Å². The van der Waals surface area contributed by atoms with Crippen molar-refractivity contribution in [3.8, 4) is 0 Å². The van der Waals surface area contributed by atoms with E-state index in [4.69, 9.17) is 4.74 Å². The molecule has 0 saturated carbocycles. The highest BCUT2D eigenvalue weighted by molar-refractivity contribution is 5.91. The Hall–Kier alpha value is -1.61. The topological polar surface area (TPSA) is 29.5 Å². The number of hydrogen-bond donors (Lipinski definition) is 0. The predicted octanol–water partition coefficient (Wildman–Crippen LogP) is 2.53. The van der Waals surface area contributed by atoms with Gasteiger partial charge in [0.1, 0.15) is 0 Å². The fraction of sp³-hybridized carbons (Fsp3) is 0.438. The first-order chi connectivity index (χ1) is 9.33. The Kier molecular flexibility index (Phi) is 3.65. The number of cyclic esters (lactones) is 1. The Bertz CT molecular complexity index is 483. The highest BCUT2D eigenvalue weighted by atomic mass is 16.5. The van der Waals surface area contributed by atoms with E-state index in [-0.39, 0.29) is 5.97 Å². The Balaban J connectivity index is 1.59. The van der Waals surface area contributed by atoms with Crippen molar-refractivity contribution in [1.82, 2.24) is 4.90 Å². The van der Waals surface area contributed by atoms with Gasteiger partial charge < -0.3 is 4.74 Å². The lowest BCUT2D eigenvalue weighted by atomic mass is 9.96. The summed E-state index contributed by atoms with van der Waals surface area (Å²) in [5, 5.41) is 0. The average molecular weight is 257 g/mol. The van der Waals surface area contributed by atoms with E-state index >= 15 is 0 Å². The SMILES string of the molecule is O=C1OCCC1=C1CCN(Cc2ccccc2)CC1. The van der Waals surface area contributed by atoms with Gasteiger partial charge >= 0.3 is 5.97 Å². The molecular formula is C16H19NO2. The van der Waals surface area contributed by atoms with Crippen molar-refractivity contribution >= 4 is 5.97 Å². The summed E-state index contributed by atoms with van der Waals surface area (Å²) in [6.45, 7) is 3.67. The van der Waals surface area contributed by atoms with Crippen molar-refractivity contribution < 1.29 is 9.53 Å². The van der Waals surface area contributed by atoms with Gasteiger partial charge in [-0.25, -0.2) is 4.79 Å². The number of rotatable bonds is 2. The van der Waals surface area contributed by atoms with E-state index in [1.807, 2.05) is 6.07 Å². The normalized spacial score (nSPS) is 20.7. The van der Waals surface area contributed by atoms with Gasteiger partial charge in [-0.1, -0.05) is 35.9 Å². The number of carbonyl (C=O) groups excluding carboxylic acids is 1. The Morgan fingerprint density at radius 2 is 1.79 bits per heavy atom. The lowest BCUT2D eigenvalue weighted by Gasteiger charge is -2.28. The molecule has 0 bridgehead atoms. The Morgan fingerprint density at radius 3 is 2.42 bits per heavy atom. The molecule has 0 N–H and O–H groups in total. The average Bonchev–Trinajstić information content (AvgIpc) is 2.87. The molecule has 1 aromatic carbocycles. The molecular weight excluding hydrogens is 238 g/mol. The third-order valence-electron chi connectivity index (χ3n) is 3.97. The van der Waals surface area contributed by atoms with Crippen LogP contribution in [0.4, 0.5) is 0 Å². The van der Waals surface area contributed by atoms with E-state index < -0.39 is 0 Å². The van der Waals surface area contributed by atoms with Crippen LogP contribution < -0.4 is 0 Å². The van der Waals surface area contributed by atoms with E-state index in [9.17, 15) is 4.79 Å². The summed E-state index contributed by atoms with van der Waals surface area (Å²) in [6, 6.07) is 10.6. The van der Waals surface area contributed by atoms with Crippen molar-refractivity contribution in [3.05, 3.63) is 47.0 Å². The molecule has 0 amide bonds. The monoisotopic (exact) mass is 257 g/mol. The molecule has 0 aliphatic carbocycles. The third-order valence-corrected chi connectivity index (χ3v) is 3.97. The van der Waals surface area contributed by atoms with E-state index in [2.05, 4.69) is 29.2 Å². The van der Waals surface area contributed by atoms with E-state index in [0.717, 1.165) is 44.5 Å². The second-order valence-electron chi connectivity index (χ2n) is 5.23. The fourth-order valence-electron chi connectivity index (χ4n) is 2.88. The smallest absolute Gasteiger partial charge is 0.334 e. The third kappa shape index (κ3) is 2.87. The molecule has 100 valence electrons. The molecule has 3 heteroatoms. The van der Waals surface area contributed by atoms with Gasteiger partial charge in [0.2, 0.25) is 0 Å². The molecule has 2 heterocycles. The van der Waals surface area contributed by atoms with Crippen LogP contribution >= 0.6 is 0 Å². The first-order valence-corrected chi connectivity index (χ1v) is 6.97. The Morgan fingerprint density at radius 1 is 1.05 bits per heavy atom. The van der Waals surface area contributed by atoms with Crippen LogP contribution in [-0.2, 0) is 16.1 Å². The number of piperidine rings is 1. The van der Waals surface area contributed by atoms with Crippen LogP contribution in [0.1, 0.15) is 24.8 Å². The number of likely N-dealkylation sites (tertiary alicyclic amines) is 1. The maximum absolute atomic E-state index is 11.6. The fourth-order valence-corrected chi connectivity index (χ4v) is 2.88. The summed E-state index contributed by atoms with van der Waals surface area (Å²) in [6.07, 6.45) is 2.83. The van der Waals surface area contributed by atoms with Gasteiger partial charge in [-0.3, -0.25) is 4.90 Å². The quantitative estimate of drug-likeness (QED) is 0.602. The van der Waals surface area contributed by atoms with Gasteiger partial charge in [-0.15, -0.1) is 0 Å². The summed E-state index contributed by atoms with van der Waals surface area (Å²) in [4.78, 5) is 14.0. The maximum atomic E-state index is 11.6. The molecule has 19 heavy (non-hydrogen) atoms. The van der Waals surface area contributed by atoms with Crippen molar-refractivity contribution in [3.63, 3.8) is 0 Å². The van der Waals surface area contributed by atoms with Crippen LogP contribution in [0.5, 0.6) is 0 Å². The van der Waals surface area contributed by atoms with Crippen LogP contribution in [0.2, 0.25) is 0 Å². The second-order valence-corrected chi connectivity index (χ2v) is 5.23. The first-order valence-electron chi connectivity index (χ1n) is 6.97. The van der Waals surface area contributed by atoms with E-state index in [1.165, 1.54) is 11.1 Å². The predicted molar refractivity (Wildman–Crippen MR) is 73.6 cm³/mol. The minimum Gasteiger partial charge on any atom is -0.462 e. The first kappa shape index (κ1) is 12.4. The molecule has 0 aromatic heterocycles. The number of esters is 1. The second kappa shape index (κ2) is 5.57. The molecule has 3 rings (SSSR count). The highest BCUT2D eigenvalue weighted by Gasteiger charge is 2.25. The largest absolute Gasteiger partial charge is 0.462 e. The lowest BCUT2D eigenvalue weighted by molar-refractivity contribution is -0.135. The van der Waals surface area contributed by atoms with Crippen LogP contribution in [0.15, 0.2) is 41.5 Å². The van der Waals surface area contributed by atoms with Crippen molar-refractivity contribution in [2.24, 2.45) is 0 Å². The molecule has 2 saturated heterocycles. The number of carbonyl (C=O) groups is 1. The molecule has 2 aliphatic rings. The van der Waals surface area contributed by atoms with Gasteiger partial charge in [0.15, 0.2) is 0 Å². The van der Waals surface area contributed by atoms with Crippen molar-refractivity contribution in [1.29, 1.82) is 0 Å². The van der Waals surface area contributed by atoms with Crippen LogP contribution in [-0.4, -0.2) is 30.6 Å². The van der Waals surface area contributed by atoms with Crippen LogP contribution in [0.3, 0.4) is 0 Å². The molecule has 0 atom stereocenters. The molecule has 0 spiro atoms. The number of benzene rings is 1. The van der Waals surface area contributed by atoms with Gasteiger partial charge in [0.05, 0.1) is 6.61 Å². The summed E-state index contributed by atoms with van der Waals surface area (Å²) in [5.41, 5.74) is 3.64. The zero-order valence-electron chi connectivity index (χ0n) is 11.1. The highest BCUT2D eigenvalue weighted by Crippen LogP contribution is 2.26. The Labute approximate surface area is 113 Å². The van der Waals surface area contributed by atoms with E-state index in [1.54, 1.807) is 0 Å². The van der Waals surface area contributed by atoms with Gasteiger partial charge in [-0.2, -0.15) is 0 Å². The zero-order chi connectivity index (χ0) is 13.1. The molecule has 2 aliphatic heterocycles. The summed E-state index contributed by atoms with van der Waals surface area (Å²) < 4.78 is 5.03. The summed E-state index contributed by atoms with van der Waals surface area (Å²) in [5.74, 6) is -0.0773. The molecule has 0 radical (unpaired) electrons. The number of ether oxygens (including phenoxy) is 1. The van der Waals surface area contributed by atoms with Crippen molar-refractivity contribution in [2.75, 3.05) is 19.7 Å². The minimum atomic E-state index is -0.0773. The van der Waals surface area contributed by atoms with Gasteiger partial charge in [0.25, 0.3) is 0 Å². The van der Waals surface area contributed by atoms with E-state index in [0.29, 0.717) is 6.61 Å². The molecule has 3 nitrogen and oxygen atoms in total. The standard InChI is InChI=1S/C16H19NO2/c18-16-15(8-11-19-16)14-6-9-17(10-7-14)12-13-4-2-1-3-5-13/h1-5H,6-12H2. The number of nitrogens with zero attached hydrogens (tertiary/aromatic N) is 1. The minimum absolute atomic E-state index is 0.0773. The van der Waals surface area contributed by atoms with Crippen LogP contribution in [0.25, 0.3) is 0 Å². The van der Waals surface area contributed by atoms with Crippen molar-refractivity contribution in [2.45, 2.75) is 25.8 Å². The number of hydrogen-bond acceptors (Lipinski definition) is 3.